The number of pyridine rings is 1. The molecule has 0 radical (unpaired) electrons. The van der Waals surface area contributed by atoms with Crippen LogP contribution in [0.3, 0.4) is 0 Å². The van der Waals surface area contributed by atoms with Crippen LogP contribution in [-0.4, -0.2) is 60.8 Å². The van der Waals surface area contributed by atoms with Gasteiger partial charge in [-0.25, -0.2) is 4.79 Å². The molecule has 4 rings (SSSR count). The smallest absolute Gasteiger partial charge is 0.407 e. The van der Waals surface area contributed by atoms with E-state index in [9.17, 15) is 4.79 Å². The van der Waals surface area contributed by atoms with E-state index in [4.69, 9.17) is 27.2 Å². The number of ether oxygens (including phenoxy) is 1. The molecule has 8 nitrogen and oxygen atoms in total. The van der Waals surface area contributed by atoms with E-state index in [-0.39, 0.29) is 12.7 Å². The molecule has 2 aromatic rings. The lowest BCUT2D eigenvalue weighted by molar-refractivity contribution is 0.0367. The number of nitrogens with two attached hydrogens (primary N) is 1. The van der Waals surface area contributed by atoms with Crippen molar-refractivity contribution in [1.82, 2.24) is 10.3 Å². The number of piperidine rings is 1. The summed E-state index contributed by atoms with van der Waals surface area (Å²) in [4.78, 5) is 22.2. The molecule has 0 bridgehead atoms. The van der Waals surface area contributed by atoms with E-state index >= 15 is 0 Å². The van der Waals surface area contributed by atoms with Crippen LogP contribution in [0.25, 0.3) is 16.7 Å². The first-order valence-corrected chi connectivity index (χ1v) is 10.9. The molecule has 1 spiro atoms. The van der Waals surface area contributed by atoms with E-state index in [1.165, 1.54) is 6.20 Å². The molecule has 0 saturated carbocycles. The third kappa shape index (κ3) is 4.56. The molecule has 2 aliphatic heterocycles. The molecule has 2 fully saturated rings. The number of aliphatic imine (C=N–C) groups is 1. The molecule has 1 aromatic heterocycles. The lowest BCUT2D eigenvalue weighted by Gasteiger charge is -2.39. The van der Waals surface area contributed by atoms with Gasteiger partial charge in [-0.3, -0.25) is 9.98 Å². The van der Waals surface area contributed by atoms with Crippen molar-refractivity contribution in [2.24, 2.45) is 10.7 Å². The number of allylic oxidation sites excluding steroid dienone is 1. The molecule has 2 saturated heterocycles. The van der Waals surface area contributed by atoms with Gasteiger partial charge in [0.15, 0.2) is 0 Å². The SMILES string of the molecule is NC=C(C=NCCO)c1ccc(-c2cncc(Cl)c2N2CCC3(CC2)CNC(=O)O3)cc1. The van der Waals surface area contributed by atoms with Gasteiger partial charge in [0.05, 0.1) is 30.4 Å². The fourth-order valence-electron chi connectivity index (χ4n) is 4.16. The minimum absolute atomic E-state index is 0.00556. The van der Waals surface area contributed by atoms with Gasteiger partial charge in [-0.1, -0.05) is 35.9 Å². The summed E-state index contributed by atoms with van der Waals surface area (Å²) in [5.41, 5.74) is 9.88. The van der Waals surface area contributed by atoms with Crippen LogP contribution in [0, 0.1) is 0 Å². The number of anilines is 1. The number of aliphatic hydroxyl groups excluding tert-OH is 1. The summed E-state index contributed by atoms with van der Waals surface area (Å²) in [6.45, 7) is 2.33. The van der Waals surface area contributed by atoms with E-state index in [0.717, 1.165) is 53.9 Å². The minimum atomic E-state index is -0.419. The second-order valence-electron chi connectivity index (χ2n) is 7.89. The Bertz CT molecular complexity index is 1030. The zero-order valence-corrected chi connectivity index (χ0v) is 18.4. The normalized spacial score (nSPS) is 18.2. The first-order valence-electron chi connectivity index (χ1n) is 10.5. The molecule has 0 aliphatic carbocycles. The number of carbonyl (C=O) groups excluding carboxylic acids is 1. The van der Waals surface area contributed by atoms with Crippen molar-refractivity contribution in [2.75, 3.05) is 37.7 Å². The number of aromatic nitrogens is 1. The number of nitrogens with one attached hydrogen (secondary N) is 1. The quantitative estimate of drug-likeness (QED) is 0.577. The lowest BCUT2D eigenvalue weighted by atomic mass is 9.91. The number of alkyl carbamates (subject to hydrolysis) is 1. The Morgan fingerprint density at radius 2 is 2.06 bits per heavy atom. The number of hydrogen-bond acceptors (Lipinski definition) is 7. The zero-order chi connectivity index (χ0) is 22.6. The van der Waals surface area contributed by atoms with Gasteiger partial charge in [-0.15, -0.1) is 0 Å². The summed E-state index contributed by atoms with van der Waals surface area (Å²) in [7, 11) is 0. The predicted octanol–water partition coefficient (Wildman–Crippen LogP) is 2.84. The second kappa shape index (κ2) is 9.58. The van der Waals surface area contributed by atoms with Crippen LogP contribution in [0.5, 0.6) is 0 Å². The van der Waals surface area contributed by atoms with Crippen LogP contribution in [0.2, 0.25) is 5.02 Å². The van der Waals surface area contributed by atoms with Crippen molar-refractivity contribution in [3.8, 4) is 11.1 Å². The number of benzene rings is 1. The van der Waals surface area contributed by atoms with Crippen molar-refractivity contribution >= 4 is 35.2 Å². The van der Waals surface area contributed by atoms with E-state index in [2.05, 4.69) is 20.2 Å². The second-order valence-corrected chi connectivity index (χ2v) is 8.30. The maximum Gasteiger partial charge on any atom is 0.407 e. The molecule has 2 aliphatic rings. The van der Waals surface area contributed by atoms with Crippen molar-refractivity contribution in [3.63, 3.8) is 0 Å². The number of hydrogen-bond donors (Lipinski definition) is 3. The van der Waals surface area contributed by atoms with Gasteiger partial charge < -0.3 is 25.8 Å². The Hall–Kier alpha value is -3.10. The van der Waals surface area contributed by atoms with Gasteiger partial charge in [0, 0.05) is 61.9 Å². The highest BCUT2D eigenvalue weighted by molar-refractivity contribution is 6.33. The Morgan fingerprint density at radius 3 is 2.69 bits per heavy atom. The maximum absolute atomic E-state index is 11.5. The predicted molar refractivity (Wildman–Crippen MR) is 126 cm³/mol. The zero-order valence-electron chi connectivity index (χ0n) is 17.6. The van der Waals surface area contributed by atoms with Crippen LogP contribution in [0.1, 0.15) is 18.4 Å². The molecule has 0 atom stereocenters. The molecular weight excluding hydrogens is 430 g/mol. The molecule has 0 unspecified atom stereocenters. The van der Waals surface area contributed by atoms with Crippen LogP contribution in [-0.2, 0) is 4.74 Å². The lowest BCUT2D eigenvalue weighted by Crippen LogP contribution is -2.46. The van der Waals surface area contributed by atoms with Gasteiger partial charge in [0.25, 0.3) is 0 Å². The van der Waals surface area contributed by atoms with Crippen molar-refractivity contribution in [3.05, 3.63) is 53.4 Å². The van der Waals surface area contributed by atoms with Crippen molar-refractivity contribution < 1.29 is 14.6 Å². The summed E-state index contributed by atoms with van der Waals surface area (Å²) in [6.07, 6.45) is 7.76. The van der Waals surface area contributed by atoms with Gasteiger partial charge in [-0.05, 0) is 11.1 Å². The Balaban J connectivity index is 1.56. The molecule has 4 N–H and O–H groups in total. The van der Waals surface area contributed by atoms with E-state index in [1.807, 2.05) is 30.5 Å². The van der Waals surface area contributed by atoms with Crippen LogP contribution < -0.4 is 16.0 Å². The summed E-state index contributed by atoms with van der Waals surface area (Å²) in [5.74, 6) is 0. The fourth-order valence-corrected chi connectivity index (χ4v) is 4.43. The number of rotatable bonds is 6. The largest absolute Gasteiger partial charge is 0.441 e. The van der Waals surface area contributed by atoms with Crippen molar-refractivity contribution in [2.45, 2.75) is 18.4 Å². The summed E-state index contributed by atoms with van der Waals surface area (Å²) in [6, 6.07) is 7.95. The fraction of sp³-hybridized carbons (Fsp3) is 0.348. The monoisotopic (exact) mass is 455 g/mol. The third-order valence-electron chi connectivity index (χ3n) is 5.90. The average Bonchev–Trinajstić information content (AvgIpc) is 3.17. The topological polar surface area (TPSA) is 113 Å². The van der Waals surface area contributed by atoms with Gasteiger partial charge in [0.2, 0.25) is 0 Å². The molecule has 32 heavy (non-hydrogen) atoms. The highest BCUT2D eigenvalue weighted by Crippen LogP contribution is 2.40. The minimum Gasteiger partial charge on any atom is -0.441 e. The molecular formula is C23H26ClN5O3. The number of halogens is 1. The number of nitrogens with zero attached hydrogens (tertiary/aromatic N) is 3. The Kier molecular flexibility index (Phi) is 6.62. The number of carbonyl (C=O) groups is 1. The first-order chi connectivity index (χ1) is 15.5. The van der Waals surface area contributed by atoms with Crippen molar-refractivity contribution in [1.29, 1.82) is 0 Å². The van der Waals surface area contributed by atoms with E-state index in [0.29, 0.717) is 18.1 Å². The maximum atomic E-state index is 11.5. The molecule has 9 heteroatoms. The summed E-state index contributed by atoms with van der Waals surface area (Å²) in [5, 5.41) is 12.3. The van der Waals surface area contributed by atoms with E-state index in [1.54, 1.807) is 12.4 Å². The van der Waals surface area contributed by atoms with Gasteiger partial charge in [0.1, 0.15) is 5.60 Å². The van der Waals surface area contributed by atoms with Gasteiger partial charge in [-0.2, -0.15) is 0 Å². The highest BCUT2D eigenvalue weighted by atomic mass is 35.5. The standard InChI is InChI=1S/C23H26ClN5O3/c24-20-14-27-13-19(17-3-1-16(2-4-17)18(11-25)12-26-7-10-30)21(20)29-8-5-23(6-9-29)15-28-22(31)32-23/h1-4,11-14,30H,5-10,15,25H2,(H,28,31). The number of amides is 1. The molecule has 1 amide bonds. The van der Waals surface area contributed by atoms with Crippen LogP contribution in [0.15, 0.2) is 47.9 Å². The number of aliphatic hydroxyl groups is 1. The third-order valence-corrected chi connectivity index (χ3v) is 6.17. The molecule has 1 aromatic carbocycles. The Morgan fingerprint density at radius 1 is 1.31 bits per heavy atom. The Labute approximate surface area is 191 Å². The average molecular weight is 456 g/mol. The van der Waals surface area contributed by atoms with Crippen LogP contribution in [0.4, 0.5) is 10.5 Å². The molecule has 3 heterocycles. The summed E-state index contributed by atoms with van der Waals surface area (Å²) < 4.78 is 5.54. The highest BCUT2D eigenvalue weighted by Gasteiger charge is 2.43. The summed E-state index contributed by atoms with van der Waals surface area (Å²) >= 11 is 6.60. The molecule has 168 valence electrons. The van der Waals surface area contributed by atoms with Gasteiger partial charge >= 0.3 is 6.09 Å². The van der Waals surface area contributed by atoms with Crippen LogP contribution >= 0.6 is 11.6 Å². The first kappa shape index (κ1) is 22.1. The van der Waals surface area contributed by atoms with E-state index < -0.39 is 5.60 Å².